The van der Waals surface area contributed by atoms with E-state index in [9.17, 15) is 4.79 Å². The number of benzene rings is 2. The molecule has 0 atom stereocenters. The Morgan fingerprint density at radius 3 is 2.52 bits per heavy atom. The van der Waals surface area contributed by atoms with Crippen LogP contribution in [0.1, 0.15) is 16.7 Å². The number of hydrogen-bond donors (Lipinski definition) is 1. The first-order chi connectivity index (χ1) is 12.0. The standard InChI is InChI=1S/C20H20N2O3/c1-14-7-8-18(11-15(14)2)24-9-10-25-19-6-4-3-5-16(19)12-17(13-21)20(22)23/h3-8,11-12H,9-10H2,1-2H3,(H2,22,23). The molecule has 0 unspecified atom stereocenters. The van der Waals surface area contributed by atoms with Crippen molar-refractivity contribution in [1.29, 1.82) is 5.26 Å². The van der Waals surface area contributed by atoms with Crippen molar-refractivity contribution in [3.05, 3.63) is 64.7 Å². The summed E-state index contributed by atoms with van der Waals surface area (Å²) in [5.41, 5.74) is 8.04. The molecule has 2 aromatic rings. The van der Waals surface area contributed by atoms with Gasteiger partial charge in [-0.05, 0) is 49.2 Å². The topological polar surface area (TPSA) is 85.3 Å². The van der Waals surface area contributed by atoms with Crippen molar-refractivity contribution in [3.63, 3.8) is 0 Å². The van der Waals surface area contributed by atoms with Crippen molar-refractivity contribution in [3.8, 4) is 17.6 Å². The van der Waals surface area contributed by atoms with Crippen LogP contribution in [0.2, 0.25) is 0 Å². The highest BCUT2D eigenvalue weighted by molar-refractivity contribution is 6.00. The maximum atomic E-state index is 11.2. The maximum absolute atomic E-state index is 11.2. The van der Waals surface area contributed by atoms with Gasteiger partial charge in [0.15, 0.2) is 0 Å². The number of carbonyl (C=O) groups is 1. The van der Waals surface area contributed by atoms with Gasteiger partial charge in [0.05, 0.1) is 0 Å². The number of para-hydroxylation sites is 1. The molecule has 5 heteroatoms. The van der Waals surface area contributed by atoms with Crippen molar-refractivity contribution >= 4 is 12.0 Å². The molecule has 1 amide bonds. The molecule has 0 saturated carbocycles. The minimum Gasteiger partial charge on any atom is -0.490 e. The van der Waals surface area contributed by atoms with E-state index in [1.807, 2.05) is 38.1 Å². The monoisotopic (exact) mass is 336 g/mol. The fraction of sp³-hybridized carbons (Fsp3) is 0.200. The third-order valence-electron chi connectivity index (χ3n) is 3.69. The minimum atomic E-state index is -0.768. The second-order valence-electron chi connectivity index (χ2n) is 5.51. The van der Waals surface area contributed by atoms with E-state index in [0.29, 0.717) is 24.5 Å². The van der Waals surface area contributed by atoms with Gasteiger partial charge in [0.1, 0.15) is 36.4 Å². The molecule has 0 aliphatic heterocycles. The maximum Gasteiger partial charge on any atom is 0.259 e. The van der Waals surface area contributed by atoms with Crippen LogP contribution in [0.3, 0.4) is 0 Å². The van der Waals surface area contributed by atoms with Crippen LogP contribution in [0.25, 0.3) is 6.08 Å². The quantitative estimate of drug-likeness (QED) is 0.478. The number of amides is 1. The number of nitrogens with two attached hydrogens (primary N) is 1. The lowest BCUT2D eigenvalue weighted by Gasteiger charge is -2.11. The number of carbonyl (C=O) groups excluding carboxylic acids is 1. The predicted octanol–water partition coefficient (Wildman–Crippen LogP) is 3.15. The predicted molar refractivity (Wildman–Crippen MR) is 96.1 cm³/mol. The Kier molecular flexibility index (Phi) is 6.19. The molecule has 2 rings (SSSR count). The van der Waals surface area contributed by atoms with Gasteiger partial charge in [-0.25, -0.2) is 0 Å². The van der Waals surface area contributed by atoms with Crippen molar-refractivity contribution in [2.24, 2.45) is 5.73 Å². The molecule has 0 fully saturated rings. The number of aryl methyl sites for hydroxylation is 2. The van der Waals surface area contributed by atoms with E-state index in [-0.39, 0.29) is 5.57 Å². The third kappa shape index (κ3) is 5.11. The van der Waals surface area contributed by atoms with Gasteiger partial charge < -0.3 is 15.2 Å². The molecule has 25 heavy (non-hydrogen) atoms. The van der Waals surface area contributed by atoms with Crippen LogP contribution >= 0.6 is 0 Å². The van der Waals surface area contributed by atoms with E-state index in [1.54, 1.807) is 24.3 Å². The Balaban J connectivity index is 1.98. The number of hydrogen-bond acceptors (Lipinski definition) is 4. The van der Waals surface area contributed by atoms with Gasteiger partial charge in [0, 0.05) is 5.56 Å². The van der Waals surface area contributed by atoms with Crippen molar-refractivity contribution in [2.75, 3.05) is 13.2 Å². The van der Waals surface area contributed by atoms with Gasteiger partial charge in [0.2, 0.25) is 0 Å². The zero-order valence-electron chi connectivity index (χ0n) is 14.3. The Hall–Kier alpha value is -3.26. The molecule has 0 aromatic heterocycles. The van der Waals surface area contributed by atoms with Crippen LogP contribution in [-0.4, -0.2) is 19.1 Å². The summed E-state index contributed by atoms with van der Waals surface area (Å²) in [5, 5.41) is 8.95. The normalized spacial score (nSPS) is 10.8. The smallest absolute Gasteiger partial charge is 0.259 e. The molecule has 5 nitrogen and oxygen atoms in total. The molecule has 0 heterocycles. The van der Waals surface area contributed by atoms with Crippen LogP contribution in [0.4, 0.5) is 0 Å². The first-order valence-corrected chi connectivity index (χ1v) is 7.84. The number of ether oxygens (including phenoxy) is 2. The molecule has 0 radical (unpaired) electrons. The van der Waals surface area contributed by atoms with Crippen LogP contribution < -0.4 is 15.2 Å². The molecule has 0 aliphatic carbocycles. The van der Waals surface area contributed by atoms with Gasteiger partial charge in [-0.1, -0.05) is 24.3 Å². The van der Waals surface area contributed by atoms with E-state index < -0.39 is 5.91 Å². The summed E-state index contributed by atoms with van der Waals surface area (Å²) in [6.45, 7) is 4.79. The molecule has 2 aromatic carbocycles. The van der Waals surface area contributed by atoms with Gasteiger partial charge in [0.25, 0.3) is 5.91 Å². The lowest BCUT2D eigenvalue weighted by Crippen LogP contribution is -2.13. The molecule has 0 aliphatic rings. The summed E-state index contributed by atoms with van der Waals surface area (Å²) in [6.07, 6.45) is 1.42. The van der Waals surface area contributed by atoms with Gasteiger partial charge in [-0.3, -0.25) is 4.79 Å². The molecule has 2 N–H and O–H groups in total. The van der Waals surface area contributed by atoms with E-state index in [0.717, 1.165) is 5.75 Å². The van der Waals surface area contributed by atoms with E-state index >= 15 is 0 Å². The highest BCUT2D eigenvalue weighted by Crippen LogP contribution is 2.21. The first-order valence-electron chi connectivity index (χ1n) is 7.84. The summed E-state index contributed by atoms with van der Waals surface area (Å²) in [4.78, 5) is 11.2. The summed E-state index contributed by atoms with van der Waals surface area (Å²) < 4.78 is 11.4. The first kappa shape index (κ1) is 18.1. The number of nitriles is 1. The average molecular weight is 336 g/mol. The lowest BCUT2D eigenvalue weighted by atomic mass is 10.1. The summed E-state index contributed by atoms with van der Waals surface area (Å²) >= 11 is 0. The summed E-state index contributed by atoms with van der Waals surface area (Å²) in [7, 11) is 0. The molecule has 0 saturated heterocycles. The number of nitrogens with zero attached hydrogens (tertiary/aromatic N) is 1. The van der Waals surface area contributed by atoms with E-state index in [1.165, 1.54) is 17.2 Å². The molecule has 0 bridgehead atoms. The fourth-order valence-corrected chi connectivity index (χ4v) is 2.16. The Morgan fingerprint density at radius 2 is 1.84 bits per heavy atom. The second-order valence-corrected chi connectivity index (χ2v) is 5.51. The zero-order chi connectivity index (χ0) is 18.2. The van der Waals surface area contributed by atoms with Crippen LogP contribution in [-0.2, 0) is 4.79 Å². The highest BCUT2D eigenvalue weighted by atomic mass is 16.5. The zero-order valence-corrected chi connectivity index (χ0v) is 14.3. The summed E-state index contributed by atoms with van der Waals surface area (Å²) in [5.74, 6) is 0.580. The van der Waals surface area contributed by atoms with Gasteiger partial charge in [-0.2, -0.15) is 5.26 Å². The fourth-order valence-electron chi connectivity index (χ4n) is 2.16. The SMILES string of the molecule is Cc1ccc(OCCOc2ccccc2C=C(C#N)C(N)=O)cc1C. The van der Waals surface area contributed by atoms with Crippen LogP contribution in [0, 0.1) is 25.2 Å². The van der Waals surface area contributed by atoms with Crippen LogP contribution in [0.15, 0.2) is 48.0 Å². The molecule has 128 valence electrons. The third-order valence-corrected chi connectivity index (χ3v) is 3.69. The Morgan fingerprint density at radius 1 is 1.12 bits per heavy atom. The number of rotatable bonds is 7. The average Bonchev–Trinajstić information content (AvgIpc) is 2.60. The Bertz CT molecular complexity index is 835. The van der Waals surface area contributed by atoms with E-state index in [2.05, 4.69) is 0 Å². The lowest BCUT2D eigenvalue weighted by molar-refractivity contribution is -0.114. The number of primary amides is 1. The van der Waals surface area contributed by atoms with Crippen molar-refractivity contribution in [1.82, 2.24) is 0 Å². The highest BCUT2D eigenvalue weighted by Gasteiger charge is 2.07. The second kappa shape index (κ2) is 8.55. The Labute approximate surface area is 147 Å². The van der Waals surface area contributed by atoms with Gasteiger partial charge >= 0.3 is 0 Å². The van der Waals surface area contributed by atoms with E-state index in [4.69, 9.17) is 20.5 Å². The van der Waals surface area contributed by atoms with Crippen LogP contribution in [0.5, 0.6) is 11.5 Å². The molecular weight excluding hydrogens is 316 g/mol. The minimum absolute atomic E-state index is 0.123. The molecule has 0 spiro atoms. The largest absolute Gasteiger partial charge is 0.490 e. The summed E-state index contributed by atoms with van der Waals surface area (Å²) in [6, 6.07) is 14.8. The molecular formula is C20H20N2O3. The van der Waals surface area contributed by atoms with Gasteiger partial charge in [-0.15, -0.1) is 0 Å². The van der Waals surface area contributed by atoms with Crippen molar-refractivity contribution < 1.29 is 14.3 Å². The van der Waals surface area contributed by atoms with Crippen molar-refractivity contribution in [2.45, 2.75) is 13.8 Å².